The van der Waals surface area contributed by atoms with Crippen LogP contribution in [-0.2, 0) is 13.6 Å². The summed E-state index contributed by atoms with van der Waals surface area (Å²) in [5, 5.41) is 7.85. The fraction of sp³-hybridized carbons (Fsp3) is 0.667. The third-order valence-electron chi connectivity index (χ3n) is 4.25. The largest absolute Gasteiger partial charge is 0.356 e. The molecule has 0 spiro atoms. The Balaban J connectivity index is 1.79. The lowest BCUT2D eigenvalue weighted by Gasteiger charge is -2.16. The van der Waals surface area contributed by atoms with E-state index in [1.165, 1.54) is 19.5 Å². The quantitative estimate of drug-likeness (QED) is 0.635. The van der Waals surface area contributed by atoms with E-state index in [0.29, 0.717) is 22.6 Å². The normalized spacial score (nSPS) is 19.7. The molecule has 0 saturated carbocycles. The van der Waals surface area contributed by atoms with Crippen molar-refractivity contribution in [2.45, 2.75) is 19.9 Å². The van der Waals surface area contributed by atoms with Crippen LogP contribution in [0.1, 0.15) is 19.0 Å². The van der Waals surface area contributed by atoms with E-state index in [0.717, 1.165) is 24.7 Å². The van der Waals surface area contributed by atoms with Gasteiger partial charge in [0.2, 0.25) is 0 Å². The molecule has 7 heteroatoms. The topological polar surface area (TPSA) is 44.6 Å². The Morgan fingerprint density at radius 3 is 2.73 bits per heavy atom. The summed E-state index contributed by atoms with van der Waals surface area (Å²) >= 11 is 12.1. The summed E-state index contributed by atoms with van der Waals surface area (Å²) in [7, 11) is 3.69. The van der Waals surface area contributed by atoms with Gasteiger partial charge < -0.3 is 20.1 Å². The molecule has 2 N–H and O–H groups in total. The molecule has 0 radical (unpaired) electrons. The minimum Gasteiger partial charge on any atom is -0.356 e. The van der Waals surface area contributed by atoms with Gasteiger partial charge >= 0.3 is 0 Å². The second-order valence-corrected chi connectivity index (χ2v) is 6.45. The van der Waals surface area contributed by atoms with Crippen LogP contribution in [-0.4, -0.2) is 48.7 Å². The maximum absolute atomic E-state index is 6.07. The lowest BCUT2D eigenvalue weighted by molar-refractivity contribution is 0.342. The first kappa shape index (κ1) is 17.4. The van der Waals surface area contributed by atoms with Crippen LogP contribution in [0.15, 0.2) is 11.1 Å². The van der Waals surface area contributed by atoms with Gasteiger partial charge in [0.25, 0.3) is 0 Å². The van der Waals surface area contributed by atoms with Crippen molar-refractivity contribution in [2.75, 3.05) is 33.2 Å². The fourth-order valence-corrected chi connectivity index (χ4v) is 3.18. The maximum Gasteiger partial charge on any atom is 0.191 e. The van der Waals surface area contributed by atoms with Crippen molar-refractivity contribution in [1.82, 2.24) is 20.1 Å². The number of halogens is 2. The van der Waals surface area contributed by atoms with Gasteiger partial charge in [-0.2, -0.15) is 0 Å². The summed E-state index contributed by atoms with van der Waals surface area (Å²) in [6.07, 6.45) is 1.25. The molecule has 1 unspecified atom stereocenters. The minimum atomic E-state index is 0.562. The second-order valence-electron chi connectivity index (χ2n) is 5.69. The number of nitrogens with zero attached hydrogens (tertiary/aromatic N) is 3. The highest BCUT2D eigenvalue weighted by Crippen LogP contribution is 2.24. The molecular weight excluding hydrogens is 321 g/mol. The molecule has 1 fully saturated rings. The first-order chi connectivity index (χ1) is 10.5. The summed E-state index contributed by atoms with van der Waals surface area (Å²) in [5.41, 5.74) is 1.02. The lowest BCUT2D eigenvalue weighted by Crippen LogP contribution is -2.40. The number of guanidine groups is 1. The summed E-state index contributed by atoms with van der Waals surface area (Å²) in [6.45, 7) is 7.31. The van der Waals surface area contributed by atoms with Crippen LogP contribution in [0, 0.1) is 5.92 Å². The molecule has 2 rings (SSSR count). The van der Waals surface area contributed by atoms with E-state index >= 15 is 0 Å². The zero-order chi connectivity index (χ0) is 16.1. The molecule has 1 atom stereocenters. The predicted molar refractivity (Wildman–Crippen MR) is 93.9 cm³/mol. The van der Waals surface area contributed by atoms with Crippen molar-refractivity contribution < 1.29 is 0 Å². The third kappa shape index (κ3) is 4.31. The molecule has 0 bridgehead atoms. The number of nitrogens with one attached hydrogen (secondary N) is 2. The van der Waals surface area contributed by atoms with Crippen molar-refractivity contribution in [3.05, 3.63) is 21.9 Å². The number of hydrogen-bond donors (Lipinski definition) is 2. The van der Waals surface area contributed by atoms with E-state index in [1.54, 1.807) is 7.05 Å². The molecule has 1 aliphatic heterocycles. The van der Waals surface area contributed by atoms with Gasteiger partial charge in [-0.05, 0) is 31.5 Å². The van der Waals surface area contributed by atoms with Gasteiger partial charge in [-0.15, -0.1) is 0 Å². The molecule has 2 heterocycles. The Bertz CT molecular complexity index is 526. The molecule has 1 aromatic rings. The van der Waals surface area contributed by atoms with E-state index in [4.69, 9.17) is 23.2 Å². The molecule has 1 aromatic heterocycles. The number of rotatable bonds is 5. The minimum absolute atomic E-state index is 0.562. The van der Waals surface area contributed by atoms with E-state index in [2.05, 4.69) is 27.4 Å². The maximum atomic E-state index is 6.07. The zero-order valence-corrected chi connectivity index (χ0v) is 15.0. The first-order valence-corrected chi connectivity index (χ1v) is 8.47. The molecule has 0 aliphatic carbocycles. The highest BCUT2D eigenvalue weighted by molar-refractivity contribution is 6.41. The van der Waals surface area contributed by atoms with E-state index in [9.17, 15) is 0 Å². The fourth-order valence-electron chi connectivity index (χ4n) is 2.76. The van der Waals surface area contributed by atoms with E-state index < -0.39 is 0 Å². The van der Waals surface area contributed by atoms with E-state index in [1.807, 2.05) is 17.7 Å². The molecule has 0 amide bonds. The summed E-state index contributed by atoms with van der Waals surface area (Å²) in [4.78, 5) is 6.75. The Morgan fingerprint density at radius 2 is 2.18 bits per heavy atom. The van der Waals surface area contributed by atoms with Gasteiger partial charge in [-0.25, -0.2) is 0 Å². The predicted octanol–water partition coefficient (Wildman–Crippen LogP) is 2.34. The van der Waals surface area contributed by atoms with E-state index in [-0.39, 0.29) is 0 Å². The van der Waals surface area contributed by atoms with Gasteiger partial charge in [-0.3, -0.25) is 4.99 Å². The van der Waals surface area contributed by atoms with Crippen LogP contribution in [0.4, 0.5) is 0 Å². The SMILES string of the molecule is CCN1CCC(CNC(=NC)NCc2cc(Cl)c(Cl)n2C)C1. The van der Waals surface area contributed by atoms with Gasteiger partial charge in [0.05, 0.1) is 11.6 Å². The Kier molecular flexibility index (Phi) is 6.41. The van der Waals surface area contributed by atoms with Crippen molar-refractivity contribution in [1.29, 1.82) is 0 Å². The molecular formula is C15H25Cl2N5. The molecule has 5 nitrogen and oxygen atoms in total. The molecule has 124 valence electrons. The Labute approximate surface area is 142 Å². The van der Waals surface area contributed by atoms with Crippen LogP contribution in [0.25, 0.3) is 0 Å². The number of aromatic nitrogens is 1. The zero-order valence-electron chi connectivity index (χ0n) is 13.5. The van der Waals surface area contributed by atoms with Gasteiger partial charge in [0, 0.05) is 32.9 Å². The van der Waals surface area contributed by atoms with Gasteiger partial charge in [-0.1, -0.05) is 30.1 Å². The van der Waals surface area contributed by atoms with Crippen LogP contribution in [0.2, 0.25) is 10.2 Å². The smallest absolute Gasteiger partial charge is 0.191 e. The lowest BCUT2D eigenvalue weighted by atomic mass is 10.1. The number of hydrogen-bond acceptors (Lipinski definition) is 2. The Hall–Kier alpha value is -0.910. The third-order valence-corrected chi connectivity index (χ3v) is 5.09. The van der Waals surface area contributed by atoms with Crippen LogP contribution < -0.4 is 10.6 Å². The number of aliphatic imine (C=N–C) groups is 1. The summed E-state index contributed by atoms with van der Waals surface area (Å²) in [5.74, 6) is 1.50. The van der Waals surface area contributed by atoms with Crippen LogP contribution in [0.5, 0.6) is 0 Å². The van der Waals surface area contributed by atoms with Crippen LogP contribution >= 0.6 is 23.2 Å². The van der Waals surface area contributed by atoms with Gasteiger partial charge in [0.15, 0.2) is 5.96 Å². The monoisotopic (exact) mass is 345 g/mol. The molecule has 1 aliphatic rings. The first-order valence-electron chi connectivity index (χ1n) is 7.71. The number of likely N-dealkylation sites (tertiary alicyclic amines) is 1. The molecule has 0 aromatic carbocycles. The standard InChI is InChI=1S/C15H25Cl2N5/c1-4-22-6-5-11(10-22)8-19-15(18-2)20-9-12-7-13(16)14(17)21(12)3/h7,11H,4-6,8-10H2,1-3H3,(H2,18,19,20). The summed E-state index contributed by atoms with van der Waals surface area (Å²) in [6, 6.07) is 1.88. The van der Waals surface area contributed by atoms with Crippen molar-refractivity contribution in [2.24, 2.45) is 18.0 Å². The Morgan fingerprint density at radius 1 is 1.41 bits per heavy atom. The van der Waals surface area contributed by atoms with Crippen molar-refractivity contribution in [3.8, 4) is 0 Å². The van der Waals surface area contributed by atoms with Crippen LogP contribution in [0.3, 0.4) is 0 Å². The van der Waals surface area contributed by atoms with Crippen molar-refractivity contribution >= 4 is 29.2 Å². The highest BCUT2D eigenvalue weighted by Gasteiger charge is 2.21. The van der Waals surface area contributed by atoms with Crippen molar-refractivity contribution in [3.63, 3.8) is 0 Å². The molecule has 1 saturated heterocycles. The average molecular weight is 346 g/mol. The summed E-state index contributed by atoms with van der Waals surface area (Å²) < 4.78 is 1.88. The molecule has 22 heavy (non-hydrogen) atoms. The second kappa shape index (κ2) is 8.09. The van der Waals surface area contributed by atoms with Gasteiger partial charge in [0.1, 0.15) is 5.15 Å². The highest BCUT2D eigenvalue weighted by atomic mass is 35.5. The average Bonchev–Trinajstić information content (AvgIpc) is 3.08.